The van der Waals surface area contributed by atoms with E-state index in [4.69, 9.17) is 9.84 Å². The number of aliphatic hydroxyl groups is 1. The van der Waals surface area contributed by atoms with E-state index in [0.717, 1.165) is 38.5 Å². The topological polar surface area (TPSA) is 95.9 Å². The van der Waals surface area contributed by atoms with Gasteiger partial charge in [0.25, 0.3) is 0 Å². The second-order valence-electron chi connectivity index (χ2n) is 7.06. The monoisotopic (exact) mass is 315 g/mol. The van der Waals surface area contributed by atoms with Gasteiger partial charge in [-0.1, -0.05) is 32.1 Å². The first-order valence-electron chi connectivity index (χ1n) is 8.11. The van der Waals surface area contributed by atoms with E-state index in [1.54, 1.807) is 20.8 Å². The number of nitrogens with one attached hydrogen (secondary N) is 1. The molecule has 0 spiro atoms. The van der Waals surface area contributed by atoms with Crippen LogP contribution in [0.3, 0.4) is 0 Å². The molecule has 1 aliphatic rings. The molecule has 2 atom stereocenters. The van der Waals surface area contributed by atoms with E-state index >= 15 is 0 Å². The molecule has 0 radical (unpaired) electrons. The average molecular weight is 315 g/mol. The van der Waals surface area contributed by atoms with E-state index in [1.807, 2.05) is 0 Å². The lowest BCUT2D eigenvalue weighted by atomic mass is 9.83. The highest BCUT2D eigenvalue weighted by Gasteiger charge is 2.35. The summed E-state index contributed by atoms with van der Waals surface area (Å²) in [7, 11) is 0. The lowest BCUT2D eigenvalue weighted by Gasteiger charge is -2.32. The minimum absolute atomic E-state index is 0.0427. The third kappa shape index (κ3) is 6.64. The van der Waals surface area contributed by atoms with Crippen LogP contribution < -0.4 is 5.32 Å². The Morgan fingerprint density at radius 3 is 2.05 bits per heavy atom. The van der Waals surface area contributed by atoms with Gasteiger partial charge in [-0.25, -0.2) is 9.59 Å². The van der Waals surface area contributed by atoms with Crippen LogP contribution in [0.5, 0.6) is 0 Å². The smallest absolute Gasteiger partial charge is 0.407 e. The van der Waals surface area contributed by atoms with Crippen molar-refractivity contribution in [1.29, 1.82) is 0 Å². The Labute approximate surface area is 132 Å². The molecular weight excluding hydrogens is 286 g/mol. The summed E-state index contributed by atoms with van der Waals surface area (Å²) < 4.78 is 5.19. The highest BCUT2D eigenvalue weighted by atomic mass is 16.6. The van der Waals surface area contributed by atoms with E-state index < -0.39 is 29.8 Å². The van der Waals surface area contributed by atoms with Gasteiger partial charge in [-0.3, -0.25) is 0 Å². The Balaban J connectivity index is 2.77. The molecule has 128 valence electrons. The maximum Gasteiger partial charge on any atom is 0.407 e. The van der Waals surface area contributed by atoms with Crippen LogP contribution in [0, 0.1) is 5.92 Å². The fraction of sp³-hybridized carbons (Fsp3) is 0.875. The summed E-state index contributed by atoms with van der Waals surface area (Å²) in [6.45, 7) is 5.22. The molecule has 1 aliphatic carbocycles. The van der Waals surface area contributed by atoms with E-state index in [9.17, 15) is 14.7 Å². The Morgan fingerprint density at radius 1 is 1.09 bits per heavy atom. The largest absolute Gasteiger partial charge is 0.479 e. The second kappa shape index (κ2) is 8.36. The van der Waals surface area contributed by atoms with Gasteiger partial charge in [0, 0.05) is 0 Å². The molecule has 0 aromatic heterocycles. The molecule has 1 rings (SSSR count). The number of aliphatic hydroxyl groups excluding tert-OH is 1. The third-order valence-corrected chi connectivity index (χ3v) is 3.93. The Kier molecular flexibility index (Phi) is 7.13. The summed E-state index contributed by atoms with van der Waals surface area (Å²) in [4.78, 5) is 23.1. The van der Waals surface area contributed by atoms with Crippen LogP contribution >= 0.6 is 0 Å². The lowest BCUT2D eigenvalue weighted by molar-refractivity contribution is -0.149. The number of carboxylic acid groups (broad SMARTS) is 1. The quantitative estimate of drug-likeness (QED) is 0.741. The Morgan fingerprint density at radius 2 is 1.59 bits per heavy atom. The van der Waals surface area contributed by atoms with Gasteiger partial charge in [-0.15, -0.1) is 0 Å². The molecule has 0 heterocycles. The van der Waals surface area contributed by atoms with Gasteiger partial charge >= 0.3 is 12.1 Å². The fourth-order valence-corrected chi connectivity index (χ4v) is 2.90. The van der Waals surface area contributed by atoms with Crippen LogP contribution in [-0.4, -0.2) is 40.0 Å². The highest BCUT2D eigenvalue weighted by molar-refractivity contribution is 5.75. The van der Waals surface area contributed by atoms with Gasteiger partial charge < -0.3 is 20.3 Å². The molecule has 22 heavy (non-hydrogen) atoms. The predicted molar refractivity (Wildman–Crippen MR) is 82.6 cm³/mol. The summed E-state index contributed by atoms with van der Waals surface area (Å²) in [5.41, 5.74) is -0.663. The van der Waals surface area contributed by atoms with E-state index in [0.29, 0.717) is 0 Å². The van der Waals surface area contributed by atoms with Gasteiger partial charge in [-0.05, 0) is 39.5 Å². The number of carbonyl (C=O) groups excluding carboxylic acids is 1. The molecule has 0 bridgehead atoms. The van der Waals surface area contributed by atoms with Gasteiger partial charge in [-0.2, -0.15) is 0 Å². The van der Waals surface area contributed by atoms with Gasteiger partial charge in [0.2, 0.25) is 0 Å². The number of carbonyl (C=O) groups is 2. The second-order valence-corrected chi connectivity index (χ2v) is 7.06. The number of carboxylic acids is 1. The maximum absolute atomic E-state index is 12.0. The molecule has 0 aromatic rings. The fourth-order valence-electron chi connectivity index (χ4n) is 2.90. The summed E-state index contributed by atoms with van der Waals surface area (Å²) in [5.74, 6) is -1.36. The van der Waals surface area contributed by atoms with Crippen molar-refractivity contribution in [3.63, 3.8) is 0 Å². The van der Waals surface area contributed by atoms with Crippen molar-refractivity contribution in [2.75, 3.05) is 0 Å². The minimum atomic E-state index is -1.61. The van der Waals surface area contributed by atoms with Crippen molar-refractivity contribution >= 4 is 12.1 Å². The zero-order chi connectivity index (χ0) is 16.8. The number of alkyl carbamates (subject to hydrolysis) is 1. The van der Waals surface area contributed by atoms with Crippen LogP contribution in [0.2, 0.25) is 0 Å². The first kappa shape index (κ1) is 18.7. The molecule has 0 aromatic carbocycles. The molecule has 1 saturated carbocycles. The molecule has 3 N–H and O–H groups in total. The Bertz CT molecular complexity index is 369. The van der Waals surface area contributed by atoms with E-state index in [-0.39, 0.29) is 5.92 Å². The van der Waals surface area contributed by atoms with E-state index in [2.05, 4.69) is 5.32 Å². The summed E-state index contributed by atoms with van der Waals surface area (Å²) in [6, 6.07) is -0.814. The van der Waals surface area contributed by atoms with E-state index in [1.165, 1.54) is 6.42 Å². The molecule has 6 heteroatoms. The first-order valence-corrected chi connectivity index (χ1v) is 8.11. The number of amides is 1. The average Bonchev–Trinajstić information content (AvgIpc) is 2.33. The molecule has 0 unspecified atom stereocenters. The number of aliphatic carboxylic acids is 1. The standard InChI is InChI=1S/C16H29NO5/c1-16(2,3)22-15(21)17-12(13(18)14(19)20)11-9-7-5-4-6-8-10-11/h11-13,18H,4-10H2,1-3H3,(H,17,21)(H,19,20)/t12-,13+/m1/s1. The number of rotatable bonds is 4. The minimum Gasteiger partial charge on any atom is -0.479 e. The van der Waals surface area contributed by atoms with Crippen LogP contribution in [0.4, 0.5) is 4.79 Å². The zero-order valence-corrected chi connectivity index (χ0v) is 13.8. The van der Waals surface area contributed by atoms with Crippen LogP contribution in [0.15, 0.2) is 0 Å². The number of hydrogen-bond donors (Lipinski definition) is 3. The zero-order valence-electron chi connectivity index (χ0n) is 13.8. The molecule has 6 nitrogen and oxygen atoms in total. The summed E-state index contributed by atoms with van der Waals surface area (Å²) in [5, 5.41) is 21.7. The van der Waals surface area contributed by atoms with Crippen molar-refractivity contribution in [2.24, 2.45) is 5.92 Å². The van der Waals surface area contributed by atoms with Gasteiger partial charge in [0.15, 0.2) is 6.10 Å². The van der Waals surface area contributed by atoms with Crippen molar-refractivity contribution in [3.05, 3.63) is 0 Å². The summed E-state index contributed by atoms with van der Waals surface area (Å²) in [6.07, 6.45) is 4.72. The molecule has 0 aliphatic heterocycles. The summed E-state index contributed by atoms with van der Waals surface area (Å²) >= 11 is 0. The van der Waals surface area contributed by atoms with Crippen LogP contribution in [0.25, 0.3) is 0 Å². The normalized spacial score (nSPS) is 20.4. The molecular formula is C16H29NO5. The SMILES string of the molecule is CC(C)(C)OC(=O)N[C@H](C1CCCCCCC1)[C@H](O)C(=O)O. The van der Waals surface area contributed by atoms with Crippen molar-refractivity contribution in [1.82, 2.24) is 5.32 Å². The molecule has 0 saturated heterocycles. The maximum atomic E-state index is 12.0. The van der Waals surface area contributed by atoms with Crippen molar-refractivity contribution in [2.45, 2.75) is 83.5 Å². The highest BCUT2D eigenvalue weighted by Crippen LogP contribution is 2.26. The number of ether oxygens (including phenoxy) is 1. The number of hydrogen-bond acceptors (Lipinski definition) is 4. The molecule has 1 fully saturated rings. The third-order valence-electron chi connectivity index (χ3n) is 3.93. The van der Waals surface area contributed by atoms with Crippen molar-refractivity contribution < 1.29 is 24.5 Å². The first-order chi connectivity index (χ1) is 10.2. The van der Waals surface area contributed by atoms with Crippen molar-refractivity contribution in [3.8, 4) is 0 Å². The lowest BCUT2D eigenvalue weighted by Crippen LogP contribution is -2.52. The van der Waals surface area contributed by atoms with Gasteiger partial charge in [0.05, 0.1) is 6.04 Å². The molecule has 1 amide bonds. The van der Waals surface area contributed by atoms with Crippen LogP contribution in [-0.2, 0) is 9.53 Å². The van der Waals surface area contributed by atoms with Crippen LogP contribution in [0.1, 0.15) is 65.7 Å². The predicted octanol–water partition coefficient (Wildman–Crippen LogP) is 2.69. The Hall–Kier alpha value is -1.30. The van der Waals surface area contributed by atoms with Gasteiger partial charge in [0.1, 0.15) is 5.60 Å².